The fourth-order valence-corrected chi connectivity index (χ4v) is 2.97. The summed E-state index contributed by atoms with van der Waals surface area (Å²) in [5, 5.41) is 27.0. The number of carbonyl (C=O) groups excluding carboxylic acids is 2. The number of phenolic OH excluding ortho intramolecular Hbond substituents is 1. The summed E-state index contributed by atoms with van der Waals surface area (Å²) in [5.41, 5.74) is 4.06. The van der Waals surface area contributed by atoms with Crippen LogP contribution in [-0.2, 0) is 4.79 Å². The largest absolute Gasteiger partial charge is 0.502 e. The Balaban J connectivity index is 1.82. The first-order chi connectivity index (χ1) is 16.7. The quantitative estimate of drug-likeness (QED) is 0.199. The summed E-state index contributed by atoms with van der Waals surface area (Å²) < 4.78 is 0. The third-order valence-corrected chi connectivity index (χ3v) is 4.83. The lowest BCUT2D eigenvalue weighted by Crippen LogP contribution is -2.32. The molecule has 3 N–H and O–H groups in total. The number of phenols is 1. The highest BCUT2D eigenvalue weighted by molar-refractivity contribution is 6.05. The monoisotopic (exact) mass is 473 g/mol. The molecule has 35 heavy (non-hydrogen) atoms. The van der Waals surface area contributed by atoms with E-state index in [1.165, 1.54) is 18.4 Å². The molecule has 2 amide bonds. The molecule has 0 bridgehead atoms. The van der Waals surface area contributed by atoms with E-state index in [0.717, 1.165) is 17.8 Å². The van der Waals surface area contributed by atoms with Crippen LogP contribution in [-0.4, -0.2) is 42.2 Å². The second kappa shape index (κ2) is 11.2. The minimum absolute atomic E-state index is 0.0507. The fraction of sp³-hybridized carbons (Fsp3) is 0.0800. The molecule has 0 aliphatic heterocycles. The van der Waals surface area contributed by atoms with Crippen LogP contribution in [0.2, 0.25) is 0 Å². The summed E-state index contributed by atoms with van der Waals surface area (Å²) in [5.74, 6) is -1.66. The van der Waals surface area contributed by atoms with Gasteiger partial charge in [-0.05, 0) is 48.0 Å². The zero-order valence-electron chi connectivity index (χ0n) is 19.0. The average Bonchev–Trinajstić information content (AvgIpc) is 2.85. The number of rotatable bonds is 8. The fourth-order valence-electron chi connectivity index (χ4n) is 2.97. The Kier molecular flexibility index (Phi) is 7.91. The molecule has 0 aliphatic rings. The summed E-state index contributed by atoms with van der Waals surface area (Å²) in [6, 6.07) is 19.4. The van der Waals surface area contributed by atoms with E-state index in [4.69, 9.17) is 0 Å². The summed E-state index contributed by atoms with van der Waals surface area (Å²) in [6.45, 7) is 0. The van der Waals surface area contributed by atoms with Gasteiger partial charge in [0.05, 0.1) is 11.1 Å². The SMILES string of the molecule is CN(C)c1ccc(C=C(NC(=O)c2ccccc2)C(=O)N/N=C/c2ccc(O)c([N+](=O)[O-])c2)cc1. The number of benzene rings is 3. The highest BCUT2D eigenvalue weighted by Gasteiger charge is 2.15. The first-order valence-corrected chi connectivity index (χ1v) is 10.4. The molecule has 0 unspecified atom stereocenters. The highest BCUT2D eigenvalue weighted by atomic mass is 16.6. The maximum atomic E-state index is 12.8. The molecule has 3 aromatic carbocycles. The van der Waals surface area contributed by atoms with Gasteiger partial charge >= 0.3 is 5.69 Å². The molecule has 0 atom stereocenters. The third kappa shape index (κ3) is 6.75. The predicted octanol–water partition coefficient (Wildman–Crippen LogP) is 3.29. The molecule has 0 spiro atoms. The number of hydrogen-bond donors (Lipinski definition) is 3. The maximum absolute atomic E-state index is 12.8. The van der Waals surface area contributed by atoms with Gasteiger partial charge in [0, 0.05) is 37.0 Å². The summed E-state index contributed by atoms with van der Waals surface area (Å²) >= 11 is 0. The molecule has 3 aromatic rings. The van der Waals surface area contributed by atoms with Crippen molar-refractivity contribution in [2.24, 2.45) is 5.10 Å². The van der Waals surface area contributed by atoms with Crippen LogP contribution in [0.1, 0.15) is 21.5 Å². The molecule has 0 fully saturated rings. The van der Waals surface area contributed by atoms with Crippen molar-refractivity contribution in [3.63, 3.8) is 0 Å². The Morgan fingerprint density at radius 3 is 2.29 bits per heavy atom. The van der Waals surface area contributed by atoms with Crippen molar-refractivity contribution in [3.05, 3.63) is 105 Å². The molecule has 178 valence electrons. The number of nitrogens with one attached hydrogen (secondary N) is 2. The molecule has 0 heterocycles. The van der Waals surface area contributed by atoms with Gasteiger partial charge in [-0.25, -0.2) is 5.43 Å². The van der Waals surface area contributed by atoms with E-state index in [9.17, 15) is 24.8 Å². The Morgan fingerprint density at radius 1 is 1.00 bits per heavy atom. The van der Waals surface area contributed by atoms with Gasteiger partial charge in [-0.1, -0.05) is 30.3 Å². The van der Waals surface area contributed by atoms with Gasteiger partial charge in [0.15, 0.2) is 5.75 Å². The number of carbonyl (C=O) groups is 2. The van der Waals surface area contributed by atoms with E-state index in [1.807, 2.05) is 31.1 Å². The van der Waals surface area contributed by atoms with Crippen LogP contribution >= 0.6 is 0 Å². The van der Waals surface area contributed by atoms with E-state index < -0.39 is 28.2 Å². The van der Waals surface area contributed by atoms with Crippen molar-refractivity contribution in [2.75, 3.05) is 19.0 Å². The molecule has 3 rings (SSSR count). The van der Waals surface area contributed by atoms with Crippen molar-refractivity contribution in [1.29, 1.82) is 0 Å². The third-order valence-electron chi connectivity index (χ3n) is 4.83. The van der Waals surface area contributed by atoms with Crippen LogP contribution in [0.5, 0.6) is 5.75 Å². The van der Waals surface area contributed by atoms with E-state index >= 15 is 0 Å². The van der Waals surface area contributed by atoms with Gasteiger partial charge in [-0.15, -0.1) is 0 Å². The lowest BCUT2D eigenvalue weighted by molar-refractivity contribution is -0.385. The van der Waals surface area contributed by atoms with Crippen LogP contribution in [0, 0.1) is 10.1 Å². The number of hydrogen-bond acceptors (Lipinski definition) is 7. The van der Waals surface area contributed by atoms with Gasteiger partial charge in [0.1, 0.15) is 5.70 Å². The van der Waals surface area contributed by atoms with Crippen molar-refractivity contribution in [1.82, 2.24) is 10.7 Å². The zero-order valence-corrected chi connectivity index (χ0v) is 19.0. The second-order valence-corrected chi connectivity index (χ2v) is 7.57. The Bertz CT molecular complexity index is 1290. The second-order valence-electron chi connectivity index (χ2n) is 7.57. The molecule has 10 nitrogen and oxygen atoms in total. The van der Waals surface area contributed by atoms with Crippen molar-refractivity contribution in [3.8, 4) is 5.75 Å². The standard InChI is InChI=1S/C25H23N5O5/c1-29(2)20-11-8-17(9-12-20)14-21(27-24(32)19-6-4-3-5-7-19)25(33)28-26-16-18-10-13-23(31)22(15-18)30(34)35/h3-16,31H,1-2H3,(H,27,32)(H,28,33)/b21-14?,26-16+. The normalized spacial score (nSPS) is 11.2. The van der Waals surface area contributed by atoms with E-state index in [2.05, 4.69) is 15.8 Å². The molecule has 0 aromatic heterocycles. The van der Waals surface area contributed by atoms with E-state index in [1.54, 1.807) is 42.5 Å². The molecular weight excluding hydrogens is 450 g/mol. The van der Waals surface area contributed by atoms with Crippen molar-refractivity contribution >= 4 is 35.5 Å². The number of nitro groups is 1. The Hall–Kier alpha value is -4.99. The first-order valence-electron chi connectivity index (χ1n) is 10.4. The highest BCUT2D eigenvalue weighted by Crippen LogP contribution is 2.25. The molecule has 10 heteroatoms. The van der Waals surface area contributed by atoms with Crippen LogP contribution in [0.3, 0.4) is 0 Å². The number of nitrogens with zero attached hydrogens (tertiary/aromatic N) is 3. The van der Waals surface area contributed by atoms with Gasteiger partial charge in [-0.3, -0.25) is 19.7 Å². The lowest BCUT2D eigenvalue weighted by atomic mass is 10.1. The first kappa shape index (κ1) is 24.6. The number of amides is 2. The Labute approximate surface area is 201 Å². The Morgan fingerprint density at radius 2 is 1.66 bits per heavy atom. The van der Waals surface area contributed by atoms with Gasteiger partial charge < -0.3 is 15.3 Å². The number of nitro benzene ring substituents is 1. The average molecular weight is 473 g/mol. The predicted molar refractivity (Wildman–Crippen MR) is 133 cm³/mol. The summed E-state index contributed by atoms with van der Waals surface area (Å²) in [7, 11) is 3.81. The minimum Gasteiger partial charge on any atom is -0.502 e. The molecule has 0 saturated heterocycles. The smallest absolute Gasteiger partial charge is 0.311 e. The minimum atomic E-state index is -0.729. The molecular formula is C25H23N5O5. The van der Waals surface area contributed by atoms with E-state index in [-0.39, 0.29) is 11.3 Å². The van der Waals surface area contributed by atoms with Crippen LogP contribution in [0.25, 0.3) is 6.08 Å². The summed E-state index contributed by atoms with van der Waals surface area (Å²) in [6.07, 6.45) is 2.70. The number of aromatic hydroxyl groups is 1. The van der Waals surface area contributed by atoms with Crippen LogP contribution in [0.4, 0.5) is 11.4 Å². The van der Waals surface area contributed by atoms with Crippen molar-refractivity contribution < 1.29 is 19.6 Å². The van der Waals surface area contributed by atoms with Crippen molar-refractivity contribution in [2.45, 2.75) is 0 Å². The number of anilines is 1. The maximum Gasteiger partial charge on any atom is 0.311 e. The van der Waals surface area contributed by atoms with Gasteiger partial charge in [0.25, 0.3) is 11.8 Å². The summed E-state index contributed by atoms with van der Waals surface area (Å²) in [4.78, 5) is 37.7. The topological polar surface area (TPSA) is 137 Å². The van der Waals surface area contributed by atoms with Gasteiger partial charge in [-0.2, -0.15) is 5.10 Å². The molecule has 0 radical (unpaired) electrons. The van der Waals surface area contributed by atoms with Crippen LogP contribution in [0.15, 0.2) is 83.6 Å². The van der Waals surface area contributed by atoms with Gasteiger partial charge in [0.2, 0.25) is 0 Å². The van der Waals surface area contributed by atoms with Crippen LogP contribution < -0.4 is 15.6 Å². The zero-order chi connectivity index (χ0) is 25.4. The van der Waals surface area contributed by atoms with E-state index in [0.29, 0.717) is 11.1 Å². The number of hydrazone groups is 1. The molecule has 0 saturated carbocycles. The molecule has 0 aliphatic carbocycles. The lowest BCUT2D eigenvalue weighted by Gasteiger charge is -2.12.